The van der Waals surface area contributed by atoms with Crippen molar-refractivity contribution >= 4 is 15.9 Å². The number of rotatable bonds is 5. The number of nitrogens with one attached hydrogen (secondary N) is 1. The third kappa shape index (κ3) is 4.61. The molecule has 0 aromatic heterocycles. The fraction of sp³-hybridized carbons (Fsp3) is 0.632. The van der Waals surface area contributed by atoms with Gasteiger partial charge < -0.3 is 4.90 Å². The smallest absolute Gasteiger partial charge is 0.241 e. The zero-order valence-corrected chi connectivity index (χ0v) is 16.7. The minimum atomic E-state index is -3.76. The fourth-order valence-corrected chi connectivity index (χ4v) is 5.39. The summed E-state index contributed by atoms with van der Waals surface area (Å²) < 4.78 is 28.7. The molecular weight excluding hydrogens is 336 g/mol. The summed E-state index contributed by atoms with van der Waals surface area (Å²) in [6.45, 7) is 10.7. The molecule has 1 amide bonds. The molecule has 0 bridgehead atoms. The molecule has 2 rings (SSSR count). The molecule has 0 saturated carbocycles. The Balaban J connectivity index is 2.31. The third-order valence-electron chi connectivity index (χ3n) is 4.76. The van der Waals surface area contributed by atoms with Crippen molar-refractivity contribution in [3.8, 4) is 0 Å². The third-order valence-corrected chi connectivity index (χ3v) is 6.50. The van der Waals surface area contributed by atoms with Crippen molar-refractivity contribution in [1.82, 2.24) is 9.62 Å². The Kier molecular flexibility index (Phi) is 6.27. The first-order valence-electron chi connectivity index (χ1n) is 9.02. The monoisotopic (exact) mass is 366 g/mol. The molecule has 1 aromatic carbocycles. The molecule has 1 saturated heterocycles. The lowest BCUT2D eigenvalue weighted by Crippen LogP contribution is -2.52. The van der Waals surface area contributed by atoms with Crippen LogP contribution in [0.2, 0.25) is 0 Å². The van der Waals surface area contributed by atoms with Gasteiger partial charge in [0.1, 0.15) is 6.04 Å². The lowest BCUT2D eigenvalue weighted by atomic mass is 10.0. The van der Waals surface area contributed by atoms with E-state index in [9.17, 15) is 13.2 Å². The average molecular weight is 367 g/mol. The molecule has 6 heteroatoms. The number of likely N-dealkylation sites (tertiary alicyclic amines) is 1. The van der Waals surface area contributed by atoms with Crippen LogP contribution in [0, 0.1) is 26.7 Å². The van der Waals surface area contributed by atoms with E-state index in [1.54, 1.807) is 18.7 Å². The number of carbonyl (C=O) groups is 1. The van der Waals surface area contributed by atoms with Crippen LogP contribution in [0.25, 0.3) is 0 Å². The van der Waals surface area contributed by atoms with Gasteiger partial charge in [-0.3, -0.25) is 4.79 Å². The number of piperidine rings is 1. The maximum Gasteiger partial charge on any atom is 0.241 e. The highest BCUT2D eigenvalue weighted by molar-refractivity contribution is 7.89. The Morgan fingerprint density at radius 3 is 2.04 bits per heavy atom. The van der Waals surface area contributed by atoms with E-state index in [1.165, 1.54) is 0 Å². The molecule has 25 heavy (non-hydrogen) atoms. The summed E-state index contributed by atoms with van der Waals surface area (Å²) in [6.07, 6.45) is 3.10. The van der Waals surface area contributed by atoms with E-state index in [2.05, 4.69) is 4.72 Å². The lowest BCUT2D eigenvalue weighted by Gasteiger charge is -2.32. The summed E-state index contributed by atoms with van der Waals surface area (Å²) in [6, 6.07) is 2.99. The molecule has 140 valence electrons. The first-order chi connectivity index (χ1) is 11.6. The van der Waals surface area contributed by atoms with E-state index in [4.69, 9.17) is 0 Å². The maximum absolute atomic E-state index is 13.0. The summed E-state index contributed by atoms with van der Waals surface area (Å²) in [4.78, 5) is 15.0. The number of sulfonamides is 1. The number of carbonyl (C=O) groups excluding carboxylic acids is 1. The molecule has 1 aromatic rings. The molecule has 1 N–H and O–H groups in total. The molecule has 0 aliphatic carbocycles. The number of aryl methyl sites for hydroxylation is 3. The van der Waals surface area contributed by atoms with Crippen LogP contribution < -0.4 is 4.72 Å². The molecule has 1 heterocycles. The molecule has 1 aliphatic heterocycles. The number of hydrogen-bond donors (Lipinski definition) is 1. The van der Waals surface area contributed by atoms with Gasteiger partial charge in [0, 0.05) is 13.1 Å². The normalized spacial score (nSPS) is 17.0. The van der Waals surface area contributed by atoms with E-state index in [1.807, 2.05) is 32.9 Å². The van der Waals surface area contributed by atoms with Crippen LogP contribution in [-0.2, 0) is 14.8 Å². The first kappa shape index (κ1) is 19.9. The summed E-state index contributed by atoms with van der Waals surface area (Å²) in [7, 11) is -3.76. The molecular formula is C19H30N2O3S. The lowest BCUT2D eigenvalue weighted by molar-refractivity contribution is -0.134. The number of amides is 1. The van der Waals surface area contributed by atoms with Gasteiger partial charge in [-0.15, -0.1) is 0 Å². The number of nitrogens with zero attached hydrogens (tertiary/aromatic N) is 1. The van der Waals surface area contributed by atoms with Gasteiger partial charge in [0.15, 0.2) is 0 Å². The topological polar surface area (TPSA) is 66.5 Å². The van der Waals surface area contributed by atoms with Crippen molar-refractivity contribution < 1.29 is 13.2 Å². The van der Waals surface area contributed by atoms with E-state index in [0.29, 0.717) is 24.2 Å². The Bertz CT molecular complexity index is 712. The van der Waals surface area contributed by atoms with Gasteiger partial charge in [0.2, 0.25) is 15.9 Å². The van der Waals surface area contributed by atoms with Crippen LogP contribution >= 0.6 is 0 Å². The van der Waals surface area contributed by atoms with E-state index in [-0.39, 0.29) is 16.7 Å². The quantitative estimate of drug-likeness (QED) is 0.871. The SMILES string of the molecule is Cc1cc(C)c(S(=O)(=O)N[C@@H](C(=O)N2CCCCC2)C(C)C)c(C)c1. The molecule has 0 spiro atoms. The van der Waals surface area contributed by atoms with Gasteiger partial charge in [-0.05, 0) is 57.1 Å². The van der Waals surface area contributed by atoms with Gasteiger partial charge in [-0.25, -0.2) is 8.42 Å². The molecule has 5 nitrogen and oxygen atoms in total. The van der Waals surface area contributed by atoms with E-state index < -0.39 is 16.1 Å². The summed E-state index contributed by atoms with van der Waals surface area (Å²) in [5.74, 6) is -0.226. The van der Waals surface area contributed by atoms with Crippen molar-refractivity contribution in [3.63, 3.8) is 0 Å². The van der Waals surface area contributed by atoms with E-state index in [0.717, 1.165) is 24.8 Å². The molecule has 1 aliphatic rings. The second kappa shape index (κ2) is 7.87. The largest absolute Gasteiger partial charge is 0.341 e. The highest BCUT2D eigenvalue weighted by Crippen LogP contribution is 2.23. The zero-order chi connectivity index (χ0) is 18.8. The Morgan fingerprint density at radius 2 is 1.56 bits per heavy atom. The van der Waals surface area contributed by atoms with Gasteiger partial charge in [0.25, 0.3) is 0 Å². The minimum Gasteiger partial charge on any atom is -0.341 e. The van der Waals surface area contributed by atoms with Gasteiger partial charge in [-0.2, -0.15) is 4.72 Å². The van der Waals surface area contributed by atoms with E-state index >= 15 is 0 Å². The second-order valence-electron chi connectivity index (χ2n) is 7.46. The van der Waals surface area contributed by atoms with Crippen LogP contribution in [0.15, 0.2) is 17.0 Å². The molecule has 1 atom stereocenters. The van der Waals surface area contributed by atoms with Crippen LogP contribution in [0.1, 0.15) is 49.8 Å². The fourth-order valence-electron chi connectivity index (χ4n) is 3.60. The Hall–Kier alpha value is -1.40. The minimum absolute atomic E-state index is 0.110. The Labute approximate surface area is 151 Å². The van der Waals surface area contributed by atoms with Crippen molar-refractivity contribution in [2.75, 3.05) is 13.1 Å². The van der Waals surface area contributed by atoms with Crippen LogP contribution in [0.4, 0.5) is 0 Å². The second-order valence-corrected chi connectivity index (χ2v) is 9.11. The summed E-state index contributed by atoms with van der Waals surface area (Å²) in [5.41, 5.74) is 2.44. The number of benzene rings is 1. The van der Waals surface area contributed by atoms with Gasteiger partial charge in [0.05, 0.1) is 4.90 Å². The molecule has 1 fully saturated rings. The van der Waals surface area contributed by atoms with Crippen molar-refractivity contribution in [2.24, 2.45) is 5.92 Å². The standard InChI is InChI=1S/C19H30N2O3S/c1-13(2)17(19(22)21-9-7-6-8-10-21)20-25(23,24)18-15(4)11-14(3)12-16(18)5/h11-13,17,20H,6-10H2,1-5H3/t17-/m1/s1. The van der Waals surface area contributed by atoms with Gasteiger partial charge >= 0.3 is 0 Å². The van der Waals surface area contributed by atoms with Crippen LogP contribution in [0.3, 0.4) is 0 Å². The summed E-state index contributed by atoms with van der Waals surface area (Å²) in [5, 5.41) is 0. The number of hydrogen-bond acceptors (Lipinski definition) is 3. The molecule has 0 radical (unpaired) electrons. The average Bonchev–Trinajstić information content (AvgIpc) is 2.51. The van der Waals surface area contributed by atoms with Crippen molar-refractivity contribution in [1.29, 1.82) is 0 Å². The van der Waals surface area contributed by atoms with Gasteiger partial charge in [-0.1, -0.05) is 31.5 Å². The van der Waals surface area contributed by atoms with Crippen molar-refractivity contribution in [3.05, 3.63) is 28.8 Å². The first-order valence-corrected chi connectivity index (χ1v) is 10.5. The van der Waals surface area contributed by atoms with Crippen molar-refractivity contribution in [2.45, 2.75) is 64.8 Å². The highest BCUT2D eigenvalue weighted by atomic mass is 32.2. The predicted octanol–water partition coefficient (Wildman–Crippen LogP) is 2.93. The maximum atomic E-state index is 13.0. The van der Waals surface area contributed by atoms with Crippen LogP contribution in [-0.4, -0.2) is 38.4 Å². The predicted molar refractivity (Wildman–Crippen MR) is 100 cm³/mol. The van der Waals surface area contributed by atoms with Crippen LogP contribution in [0.5, 0.6) is 0 Å². The molecule has 0 unspecified atom stereocenters. The zero-order valence-electron chi connectivity index (χ0n) is 15.9. The Morgan fingerprint density at radius 1 is 1.04 bits per heavy atom. The highest BCUT2D eigenvalue weighted by Gasteiger charge is 2.33. The summed E-state index contributed by atoms with van der Waals surface area (Å²) >= 11 is 0.